The lowest BCUT2D eigenvalue weighted by Gasteiger charge is -2.42. The Labute approximate surface area is 66.0 Å². The Hall–Kier alpha value is -0.830. The zero-order chi connectivity index (χ0) is 8.48. The van der Waals surface area contributed by atoms with Crippen molar-refractivity contribution >= 4 is 5.97 Å². The summed E-state index contributed by atoms with van der Waals surface area (Å²) in [5.74, 6) is -0.383. The van der Waals surface area contributed by atoms with E-state index in [2.05, 4.69) is 6.58 Å². The van der Waals surface area contributed by atoms with E-state index in [-0.39, 0.29) is 17.7 Å². The number of ether oxygens (including phenoxy) is 2. The predicted octanol–water partition coefficient (Wildman–Crippen LogP) is 0.893. The first-order valence-corrected chi connectivity index (χ1v) is 3.53. The van der Waals surface area contributed by atoms with Crippen molar-refractivity contribution in [2.75, 3.05) is 6.61 Å². The summed E-state index contributed by atoms with van der Waals surface area (Å²) in [6, 6.07) is 0. The molecule has 1 rings (SSSR count). The van der Waals surface area contributed by atoms with Gasteiger partial charge in [-0.1, -0.05) is 6.58 Å². The molecule has 0 amide bonds. The first kappa shape index (κ1) is 8.27. The number of esters is 1. The van der Waals surface area contributed by atoms with Crippen molar-refractivity contribution in [3.8, 4) is 0 Å². The van der Waals surface area contributed by atoms with E-state index in [1.54, 1.807) is 0 Å². The molecule has 1 aliphatic rings. The molecule has 0 aliphatic carbocycles. The molecule has 1 unspecified atom stereocenters. The van der Waals surface area contributed by atoms with Crippen molar-refractivity contribution in [3.05, 3.63) is 12.7 Å². The molecule has 0 bridgehead atoms. The van der Waals surface area contributed by atoms with Gasteiger partial charge in [-0.3, -0.25) is 0 Å². The fraction of sp³-hybridized carbons (Fsp3) is 0.625. The Balaban J connectivity index is 2.39. The second-order valence-corrected chi connectivity index (χ2v) is 3.04. The lowest BCUT2D eigenvalue weighted by molar-refractivity contribution is -0.232. The van der Waals surface area contributed by atoms with Crippen molar-refractivity contribution in [3.63, 3.8) is 0 Å². The van der Waals surface area contributed by atoms with Gasteiger partial charge in [0.25, 0.3) is 0 Å². The molecule has 1 saturated heterocycles. The molecule has 1 aliphatic heterocycles. The van der Waals surface area contributed by atoms with E-state index in [1.165, 1.54) is 0 Å². The molecule has 62 valence electrons. The molecule has 0 spiro atoms. The van der Waals surface area contributed by atoms with Gasteiger partial charge >= 0.3 is 5.97 Å². The lowest BCUT2D eigenvalue weighted by Crippen LogP contribution is -2.55. The van der Waals surface area contributed by atoms with Crippen LogP contribution in [0, 0.1) is 0 Å². The van der Waals surface area contributed by atoms with Gasteiger partial charge in [0.1, 0.15) is 5.60 Å². The monoisotopic (exact) mass is 156 g/mol. The van der Waals surface area contributed by atoms with E-state index in [0.717, 1.165) is 6.08 Å². The maximum absolute atomic E-state index is 10.7. The highest BCUT2D eigenvalue weighted by molar-refractivity contribution is 5.81. The third kappa shape index (κ3) is 1.60. The van der Waals surface area contributed by atoms with Crippen molar-refractivity contribution in [1.29, 1.82) is 0 Å². The second kappa shape index (κ2) is 2.66. The van der Waals surface area contributed by atoms with Crippen LogP contribution in [0.25, 0.3) is 0 Å². The maximum atomic E-state index is 10.7. The zero-order valence-electron chi connectivity index (χ0n) is 6.79. The number of carbonyl (C=O) groups is 1. The summed E-state index contributed by atoms with van der Waals surface area (Å²) >= 11 is 0. The molecule has 11 heavy (non-hydrogen) atoms. The van der Waals surface area contributed by atoms with Gasteiger partial charge in [-0.15, -0.1) is 0 Å². The molecule has 0 saturated carbocycles. The van der Waals surface area contributed by atoms with E-state index in [4.69, 9.17) is 9.47 Å². The van der Waals surface area contributed by atoms with E-state index in [9.17, 15) is 4.79 Å². The normalized spacial score (nSPS) is 26.9. The molecule has 3 heteroatoms. The van der Waals surface area contributed by atoms with E-state index < -0.39 is 0 Å². The molecule has 1 heterocycles. The largest absolute Gasteiger partial charge is 0.454 e. The van der Waals surface area contributed by atoms with Gasteiger partial charge in [0.05, 0.1) is 6.61 Å². The molecular formula is C8H12O3. The topological polar surface area (TPSA) is 35.5 Å². The van der Waals surface area contributed by atoms with Crippen molar-refractivity contribution in [1.82, 2.24) is 0 Å². The molecular weight excluding hydrogens is 144 g/mol. The highest BCUT2D eigenvalue weighted by Crippen LogP contribution is 2.28. The van der Waals surface area contributed by atoms with Crippen LogP contribution in [-0.4, -0.2) is 24.3 Å². The quantitative estimate of drug-likeness (QED) is 0.440. The molecule has 1 fully saturated rings. The summed E-state index contributed by atoms with van der Waals surface area (Å²) in [6.45, 7) is 7.57. The highest BCUT2D eigenvalue weighted by atomic mass is 16.6. The smallest absolute Gasteiger partial charge is 0.330 e. The van der Waals surface area contributed by atoms with Crippen molar-refractivity contribution in [2.45, 2.75) is 25.6 Å². The van der Waals surface area contributed by atoms with Crippen LogP contribution in [0.3, 0.4) is 0 Å². The number of hydrogen-bond acceptors (Lipinski definition) is 3. The van der Waals surface area contributed by atoms with Crippen LogP contribution in [0.5, 0.6) is 0 Å². The van der Waals surface area contributed by atoms with Crippen LogP contribution in [0.4, 0.5) is 0 Å². The SMILES string of the molecule is C=CC(=O)OC1COC1(C)C. The Morgan fingerprint density at radius 3 is 2.73 bits per heavy atom. The standard InChI is InChI=1S/C8H12O3/c1-4-7(9)11-6-5-10-8(6,2)3/h4,6H,1,5H2,2-3H3. The number of rotatable bonds is 2. The van der Waals surface area contributed by atoms with Crippen LogP contribution in [-0.2, 0) is 14.3 Å². The predicted molar refractivity (Wildman–Crippen MR) is 40.1 cm³/mol. The first-order chi connectivity index (χ1) is 5.06. The average molecular weight is 156 g/mol. The van der Waals surface area contributed by atoms with Crippen LogP contribution < -0.4 is 0 Å². The Morgan fingerprint density at radius 2 is 2.45 bits per heavy atom. The van der Waals surface area contributed by atoms with Gasteiger partial charge in [0.15, 0.2) is 6.10 Å². The fourth-order valence-electron chi connectivity index (χ4n) is 0.849. The number of hydrogen-bond donors (Lipinski definition) is 0. The Morgan fingerprint density at radius 1 is 1.82 bits per heavy atom. The maximum Gasteiger partial charge on any atom is 0.330 e. The van der Waals surface area contributed by atoms with Crippen LogP contribution >= 0.6 is 0 Å². The zero-order valence-corrected chi connectivity index (χ0v) is 6.79. The molecule has 0 aromatic carbocycles. The summed E-state index contributed by atoms with van der Waals surface area (Å²) in [6.07, 6.45) is 1.04. The lowest BCUT2D eigenvalue weighted by atomic mass is 9.96. The Kier molecular flexibility index (Phi) is 2.00. The van der Waals surface area contributed by atoms with Crippen LogP contribution in [0.1, 0.15) is 13.8 Å². The van der Waals surface area contributed by atoms with Crippen LogP contribution in [0.2, 0.25) is 0 Å². The minimum atomic E-state index is -0.383. The van der Waals surface area contributed by atoms with E-state index in [1.807, 2.05) is 13.8 Å². The van der Waals surface area contributed by atoms with Crippen LogP contribution in [0.15, 0.2) is 12.7 Å². The fourth-order valence-corrected chi connectivity index (χ4v) is 0.849. The molecule has 1 atom stereocenters. The van der Waals surface area contributed by atoms with Crippen molar-refractivity contribution < 1.29 is 14.3 Å². The van der Waals surface area contributed by atoms with Gasteiger partial charge in [0.2, 0.25) is 0 Å². The van der Waals surface area contributed by atoms with E-state index >= 15 is 0 Å². The summed E-state index contributed by atoms with van der Waals surface area (Å²) < 4.78 is 10.1. The van der Waals surface area contributed by atoms with Gasteiger partial charge in [0, 0.05) is 6.08 Å². The van der Waals surface area contributed by atoms with Gasteiger partial charge in [-0.05, 0) is 13.8 Å². The third-order valence-electron chi connectivity index (χ3n) is 1.81. The van der Waals surface area contributed by atoms with Gasteiger partial charge in [-0.25, -0.2) is 4.79 Å². The molecule has 0 N–H and O–H groups in total. The van der Waals surface area contributed by atoms with Gasteiger partial charge in [-0.2, -0.15) is 0 Å². The van der Waals surface area contributed by atoms with Gasteiger partial charge < -0.3 is 9.47 Å². The molecule has 0 aromatic rings. The molecule has 0 aromatic heterocycles. The summed E-state index contributed by atoms with van der Waals surface area (Å²) in [5.41, 5.74) is -0.321. The van der Waals surface area contributed by atoms with E-state index in [0.29, 0.717) is 6.61 Å². The summed E-state index contributed by atoms with van der Waals surface area (Å²) in [7, 11) is 0. The second-order valence-electron chi connectivity index (χ2n) is 3.04. The molecule has 3 nitrogen and oxygen atoms in total. The first-order valence-electron chi connectivity index (χ1n) is 3.53. The summed E-state index contributed by atoms with van der Waals surface area (Å²) in [4.78, 5) is 10.7. The Bertz CT molecular complexity index is 184. The third-order valence-corrected chi connectivity index (χ3v) is 1.81. The minimum Gasteiger partial charge on any atom is -0.454 e. The van der Waals surface area contributed by atoms with Crippen molar-refractivity contribution in [2.24, 2.45) is 0 Å². The number of carbonyl (C=O) groups excluding carboxylic acids is 1. The molecule has 0 radical (unpaired) electrons. The summed E-state index contributed by atoms with van der Waals surface area (Å²) in [5, 5.41) is 0. The average Bonchev–Trinajstić information content (AvgIpc) is 1.98. The minimum absolute atomic E-state index is 0.118. The highest BCUT2D eigenvalue weighted by Gasteiger charge is 2.42.